The van der Waals surface area contributed by atoms with Crippen LogP contribution in [0.15, 0.2) is 54.6 Å². The number of rotatable bonds is 6. The molecule has 0 spiro atoms. The van der Waals surface area contributed by atoms with Crippen LogP contribution in [0.4, 0.5) is 10.1 Å². The zero-order valence-electron chi connectivity index (χ0n) is 14.5. The number of aryl methyl sites for hydroxylation is 1. The Morgan fingerprint density at radius 3 is 2.48 bits per heavy atom. The van der Waals surface area contributed by atoms with Gasteiger partial charge in [0.25, 0.3) is 0 Å². The van der Waals surface area contributed by atoms with Crippen LogP contribution in [-0.4, -0.2) is 0 Å². The lowest BCUT2D eigenvalue weighted by molar-refractivity contribution is 0.297. The SMILES string of the molecule is Cc1ccc(Cl)cc1NCc1cc(Cl)cc(Cl)c1OCc1ccccc1F. The Bertz CT molecular complexity index is 962. The average Bonchev–Trinajstić information content (AvgIpc) is 2.63. The molecule has 0 unspecified atom stereocenters. The van der Waals surface area contributed by atoms with E-state index in [1.807, 2.05) is 25.1 Å². The molecule has 1 N–H and O–H groups in total. The quantitative estimate of drug-likeness (QED) is 0.449. The van der Waals surface area contributed by atoms with Crippen LogP contribution in [-0.2, 0) is 13.2 Å². The third-order valence-corrected chi connectivity index (χ3v) is 4.82. The topological polar surface area (TPSA) is 21.3 Å². The Labute approximate surface area is 172 Å². The van der Waals surface area contributed by atoms with Gasteiger partial charge in [-0.05, 0) is 42.8 Å². The number of anilines is 1. The highest BCUT2D eigenvalue weighted by atomic mass is 35.5. The van der Waals surface area contributed by atoms with Crippen LogP contribution in [0.25, 0.3) is 0 Å². The Kier molecular flexibility index (Phi) is 6.48. The molecule has 0 heterocycles. The van der Waals surface area contributed by atoms with E-state index in [9.17, 15) is 4.39 Å². The largest absolute Gasteiger partial charge is 0.487 e. The second-order valence-electron chi connectivity index (χ2n) is 6.07. The van der Waals surface area contributed by atoms with E-state index in [1.165, 1.54) is 6.07 Å². The highest BCUT2D eigenvalue weighted by Crippen LogP contribution is 2.34. The summed E-state index contributed by atoms with van der Waals surface area (Å²) in [5.41, 5.74) is 3.18. The molecule has 0 atom stereocenters. The molecule has 0 aromatic heterocycles. The van der Waals surface area contributed by atoms with Gasteiger partial charge in [0.2, 0.25) is 0 Å². The maximum Gasteiger partial charge on any atom is 0.143 e. The molecule has 0 saturated carbocycles. The van der Waals surface area contributed by atoms with Gasteiger partial charge in [0.05, 0.1) is 5.02 Å². The van der Waals surface area contributed by atoms with E-state index in [0.29, 0.717) is 32.9 Å². The summed E-state index contributed by atoms with van der Waals surface area (Å²) in [4.78, 5) is 0. The van der Waals surface area contributed by atoms with Crippen LogP contribution in [0, 0.1) is 12.7 Å². The summed E-state index contributed by atoms with van der Waals surface area (Å²) in [6.07, 6.45) is 0. The first-order valence-electron chi connectivity index (χ1n) is 8.28. The number of nitrogens with one attached hydrogen (secondary N) is 1. The monoisotopic (exact) mass is 423 g/mol. The van der Waals surface area contributed by atoms with Gasteiger partial charge in [0, 0.05) is 33.4 Å². The van der Waals surface area contributed by atoms with Crippen molar-refractivity contribution in [2.24, 2.45) is 0 Å². The number of benzene rings is 3. The summed E-state index contributed by atoms with van der Waals surface area (Å²) in [6.45, 7) is 2.48. The predicted octanol–water partition coefficient (Wildman–Crippen LogP) is 7.29. The molecular weight excluding hydrogens is 408 g/mol. The fourth-order valence-corrected chi connectivity index (χ4v) is 3.41. The molecule has 2 nitrogen and oxygen atoms in total. The number of halogens is 4. The Morgan fingerprint density at radius 2 is 1.70 bits per heavy atom. The molecule has 3 aromatic rings. The second kappa shape index (κ2) is 8.83. The first-order chi connectivity index (χ1) is 12.9. The predicted molar refractivity (Wildman–Crippen MR) is 111 cm³/mol. The first-order valence-corrected chi connectivity index (χ1v) is 9.41. The van der Waals surface area contributed by atoms with Crippen LogP contribution in [0.2, 0.25) is 15.1 Å². The van der Waals surface area contributed by atoms with Crippen LogP contribution < -0.4 is 10.1 Å². The highest BCUT2D eigenvalue weighted by Gasteiger charge is 2.13. The molecule has 0 radical (unpaired) electrons. The third kappa shape index (κ3) is 5.07. The van der Waals surface area contributed by atoms with Crippen molar-refractivity contribution in [2.45, 2.75) is 20.1 Å². The number of hydrogen-bond acceptors (Lipinski definition) is 2. The molecule has 0 aliphatic carbocycles. The minimum absolute atomic E-state index is 0.0667. The molecule has 0 bridgehead atoms. The van der Waals surface area contributed by atoms with Gasteiger partial charge in [0.15, 0.2) is 0 Å². The molecular formula is C21H17Cl3FNO. The van der Waals surface area contributed by atoms with Crippen molar-refractivity contribution in [3.05, 3.63) is 92.2 Å². The lowest BCUT2D eigenvalue weighted by Crippen LogP contribution is -2.06. The third-order valence-electron chi connectivity index (χ3n) is 4.08. The first kappa shape index (κ1) is 19.8. The van der Waals surface area contributed by atoms with Crippen LogP contribution in [0.3, 0.4) is 0 Å². The second-order valence-corrected chi connectivity index (χ2v) is 7.35. The standard InChI is InChI=1S/C21H17Cl3FNO/c1-13-6-7-16(22)10-20(13)26-11-15-8-17(23)9-18(24)21(15)27-12-14-4-2-3-5-19(14)25/h2-10,26H,11-12H2,1H3. The zero-order valence-corrected chi connectivity index (χ0v) is 16.8. The van der Waals surface area contributed by atoms with Crippen molar-refractivity contribution in [3.63, 3.8) is 0 Å². The molecule has 0 amide bonds. The van der Waals surface area contributed by atoms with E-state index in [4.69, 9.17) is 39.5 Å². The lowest BCUT2D eigenvalue weighted by atomic mass is 10.1. The van der Waals surface area contributed by atoms with E-state index in [2.05, 4.69) is 5.32 Å². The molecule has 0 saturated heterocycles. The number of ether oxygens (including phenoxy) is 1. The number of hydrogen-bond donors (Lipinski definition) is 1. The fraction of sp³-hybridized carbons (Fsp3) is 0.143. The molecule has 3 aromatic carbocycles. The van der Waals surface area contributed by atoms with Crippen molar-refractivity contribution in [2.75, 3.05) is 5.32 Å². The summed E-state index contributed by atoms with van der Waals surface area (Å²) >= 11 is 18.6. The summed E-state index contributed by atoms with van der Waals surface area (Å²) in [5, 5.41) is 4.83. The van der Waals surface area contributed by atoms with Crippen molar-refractivity contribution < 1.29 is 9.13 Å². The van der Waals surface area contributed by atoms with Gasteiger partial charge in [-0.15, -0.1) is 0 Å². The Balaban J connectivity index is 1.82. The van der Waals surface area contributed by atoms with Gasteiger partial charge in [-0.2, -0.15) is 0 Å². The van der Waals surface area contributed by atoms with Crippen molar-refractivity contribution in [3.8, 4) is 5.75 Å². The summed E-state index contributed by atoms with van der Waals surface area (Å²) < 4.78 is 19.7. The van der Waals surface area contributed by atoms with Gasteiger partial charge < -0.3 is 10.1 Å². The Hall–Kier alpha value is -1.94. The van der Waals surface area contributed by atoms with Crippen LogP contribution in [0.5, 0.6) is 5.75 Å². The molecule has 27 heavy (non-hydrogen) atoms. The molecule has 3 rings (SSSR count). The van der Waals surface area contributed by atoms with Crippen molar-refractivity contribution >= 4 is 40.5 Å². The zero-order chi connectivity index (χ0) is 19.4. The van der Waals surface area contributed by atoms with Gasteiger partial charge in [0.1, 0.15) is 18.2 Å². The summed E-state index contributed by atoms with van der Waals surface area (Å²) in [5.74, 6) is 0.147. The van der Waals surface area contributed by atoms with E-state index >= 15 is 0 Å². The normalized spacial score (nSPS) is 10.7. The maximum atomic E-state index is 13.9. The lowest BCUT2D eigenvalue weighted by Gasteiger charge is -2.16. The molecule has 0 aliphatic rings. The minimum atomic E-state index is -0.322. The van der Waals surface area contributed by atoms with Gasteiger partial charge in [-0.25, -0.2) is 4.39 Å². The van der Waals surface area contributed by atoms with Crippen LogP contribution >= 0.6 is 34.8 Å². The van der Waals surface area contributed by atoms with Crippen molar-refractivity contribution in [1.29, 1.82) is 0 Å². The Morgan fingerprint density at radius 1 is 0.926 bits per heavy atom. The van der Waals surface area contributed by atoms with Crippen molar-refractivity contribution in [1.82, 2.24) is 0 Å². The molecule has 0 aliphatic heterocycles. The fourth-order valence-electron chi connectivity index (χ4n) is 2.65. The van der Waals surface area contributed by atoms with E-state index < -0.39 is 0 Å². The molecule has 0 fully saturated rings. The summed E-state index contributed by atoms with van der Waals surface area (Å²) in [6, 6.07) is 15.5. The molecule has 6 heteroatoms. The maximum absolute atomic E-state index is 13.9. The van der Waals surface area contributed by atoms with E-state index in [1.54, 1.807) is 30.3 Å². The highest BCUT2D eigenvalue weighted by molar-refractivity contribution is 6.35. The van der Waals surface area contributed by atoms with Gasteiger partial charge in [-0.1, -0.05) is 59.1 Å². The van der Waals surface area contributed by atoms with E-state index in [0.717, 1.165) is 16.8 Å². The van der Waals surface area contributed by atoms with Gasteiger partial charge in [-0.3, -0.25) is 0 Å². The van der Waals surface area contributed by atoms with Gasteiger partial charge >= 0.3 is 0 Å². The average molecular weight is 425 g/mol. The van der Waals surface area contributed by atoms with E-state index in [-0.39, 0.29) is 12.4 Å². The summed E-state index contributed by atoms with van der Waals surface area (Å²) in [7, 11) is 0. The smallest absolute Gasteiger partial charge is 0.143 e. The molecule has 140 valence electrons. The minimum Gasteiger partial charge on any atom is -0.487 e. The van der Waals surface area contributed by atoms with Crippen LogP contribution in [0.1, 0.15) is 16.7 Å².